The lowest BCUT2D eigenvalue weighted by atomic mass is 10.1. The van der Waals surface area contributed by atoms with Crippen LogP contribution < -0.4 is 10.1 Å². The van der Waals surface area contributed by atoms with Gasteiger partial charge >= 0.3 is 0 Å². The smallest absolute Gasteiger partial charge is 0.258 e. The lowest BCUT2D eigenvalue weighted by molar-refractivity contribution is -0.123. The van der Waals surface area contributed by atoms with Crippen LogP contribution in [0.5, 0.6) is 5.75 Å². The van der Waals surface area contributed by atoms with Crippen molar-refractivity contribution in [1.82, 2.24) is 5.32 Å². The molecule has 1 amide bonds. The summed E-state index contributed by atoms with van der Waals surface area (Å²) in [4.78, 5) is 11.7. The highest BCUT2D eigenvalue weighted by atomic mass is 79.9. The Kier molecular flexibility index (Phi) is 5.78. The second-order valence-corrected chi connectivity index (χ2v) is 5.41. The van der Waals surface area contributed by atoms with Crippen LogP contribution in [-0.2, 0) is 17.9 Å². The summed E-state index contributed by atoms with van der Waals surface area (Å²) in [6, 6.07) is 14.7. The molecule has 0 spiro atoms. The summed E-state index contributed by atoms with van der Waals surface area (Å²) in [5.41, 5.74) is 1.83. The largest absolute Gasteiger partial charge is 0.484 e. The van der Waals surface area contributed by atoms with E-state index in [4.69, 9.17) is 9.84 Å². The van der Waals surface area contributed by atoms with Crippen LogP contribution in [-0.4, -0.2) is 17.6 Å². The molecule has 0 aliphatic heterocycles. The molecule has 0 bridgehead atoms. The van der Waals surface area contributed by atoms with Crippen LogP contribution in [0.25, 0.3) is 0 Å². The van der Waals surface area contributed by atoms with Crippen molar-refractivity contribution in [1.29, 1.82) is 0 Å². The first-order valence-electron chi connectivity index (χ1n) is 6.51. The number of hydrogen-bond acceptors (Lipinski definition) is 3. The molecule has 110 valence electrons. The molecule has 0 unspecified atom stereocenters. The van der Waals surface area contributed by atoms with E-state index in [0.717, 1.165) is 15.6 Å². The normalized spacial score (nSPS) is 10.2. The van der Waals surface area contributed by atoms with Crippen molar-refractivity contribution in [3.63, 3.8) is 0 Å². The second-order valence-electron chi connectivity index (χ2n) is 4.49. The summed E-state index contributed by atoms with van der Waals surface area (Å²) in [7, 11) is 0. The second kappa shape index (κ2) is 7.81. The minimum Gasteiger partial charge on any atom is -0.484 e. The summed E-state index contributed by atoms with van der Waals surface area (Å²) >= 11 is 3.34. The first-order chi connectivity index (χ1) is 10.2. The van der Waals surface area contributed by atoms with E-state index < -0.39 is 0 Å². The molecule has 0 aliphatic carbocycles. The van der Waals surface area contributed by atoms with Gasteiger partial charge in [0.25, 0.3) is 5.91 Å². The Bertz CT molecular complexity index is 581. The third-order valence-electron chi connectivity index (χ3n) is 2.88. The fourth-order valence-electron chi connectivity index (χ4n) is 1.69. The molecule has 2 rings (SSSR count). The number of nitrogens with one attached hydrogen (secondary N) is 1. The van der Waals surface area contributed by atoms with Crippen LogP contribution in [0.4, 0.5) is 0 Å². The highest BCUT2D eigenvalue weighted by molar-refractivity contribution is 9.10. The van der Waals surface area contributed by atoms with Crippen molar-refractivity contribution < 1.29 is 14.6 Å². The fraction of sp³-hybridized carbons (Fsp3) is 0.188. The zero-order chi connectivity index (χ0) is 15.1. The summed E-state index contributed by atoms with van der Waals surface area (Å²) in [5.74, 6) is 0.477. The number of halogens is 1. The highest BCUT2D eigenvalue weighted by Gasteiger charge is 2.03. The first-order valence-corrected chi connectivity index (χ1v) is 7.30. The molecule has 4 nitrogen and oxygen atoms in total. The maximum atomic E-state index is 11.7. The molecule has 5 heteroatoms. The van der Waals surface area contributed by atoms with Crippen molar-refractivity contribution in [3.05, 3.63) is 64.1 Å². The van der Waals surface area contributed by atoms with E-state index >= 15 is 0 Å². The molecule has 0 radical (unpaired) electrons. The van der Waals surface area contributed by atoms with Crippen LogP contribution in [0.15, 0.2) is 53.0 Å². The monoisotopic (exact) mass is 349 g/mol. The van der Waals surface area contributed by atoms with Gasteiger partial charge in [-0.25, -0.2) is 0 Å². The van der Waals surface area contributed by atoms with E-state index in [1.165, 1.54) is 0 Å². The number of benzene rings is 2. The predicted molar refractivity (Wildman–Crippen MR) is 83.8 cm³/mol. The van der Waals surface area contributed by atoms with E-state index in [1.54, 1.807) is 12.1 Å². The third-order valence-corrected chi connectivity index (χ3v) is 3.41. The molecule has 2 aromatic carbocycles. The lowest BCUT2D eigenvalue weighted by Crippen LogP contribution is -2.28. The standard InChI is InChI=1S/C16H16BrNO3/c17-14-5-7-15(8-6-14)21-11-16(20)18-9-12-1-3-13(10-19)4-2-12/h1-8,19H,9-11H2,(H,18,20). The molecule has 0 saturated carbocycles. The van der Waals surface area contributed by atoms with Gasteiger partial charge < -0.3 is 15.2 Å². The number of carbonyl (C=O) groups is 1. The molecule has 0 atom stereocenters. The number of carbonyl (C=O) groups excluding carboxylic acids is 1. The van der Waals surface area contributed by atoms with Gasteiger partial charge in [-0.05, 0) is 35.4 Å². The Hall–Kier alpha value is -1.85. The fourth-order valence-corrected chi connectivity index (χ4v) is 1.96. The summed E-state index contributed by atoms with van der Waals surface area (Å²) in [6.45, 7) is 0.443. The Morgan fingerprint density at radius 2 is 1.67 bits per heavy atom. The van der Waals surface area contributed by atoms with Gasteiger partial charge in [-0.1, -0.05) is 40.2 Å². The van der Waals surface area contributed by atoms with E-state index in [2.05, 4.69) is 21.2 Å². The van der Waals surface area contributed by atoms with Crippen LogP contribution in [0.1, 0.15) is 11.1 Å². The average Bonchev–Trinajstić information content (AvgIpc) is 2.53. The molecule has 0 aromatic heterocycles. The molecule has 0 saturated heterocycles. The summed E-state index contributed by atoms with van der Waals surface area (Å²) < 4.78 is 6.35. The lowest BCUT2D eigenvalue weighted by Gasteiger charge is -2.08. The van der Waals surface area contributed by atoms with Crippen LogP contribution in [0, 0.1) is 0 Å². The topological polar surface area (TPSA) is 58.6 Å². The van der Waals surface area contributed by atoms with Gasteiger partial charge in [0.15, 0.2) is 6.61 Å². The first kappa shape index (κ1) is 15.5. The van der Waals surface area contributed by atoms with Gasteiger partial charge in [-0.2, -0.15) is 0 Å². The quantitative estimate of drug-likeness (QED) is 0.842. The summed E-state index contributed by atoms with van der Waals surface area (Å²) in [6.07, 6.45) is 0. The van der Waals surface area contributed by atoms with Gasteiger partial charge in [-0.3, -0.25) is 4.79 Å². The maximum absolute atomic E-state index is 11.7. The van der Waals surface area contributed by atoms with Crippen molar-refractivity contribution in [2.24, 2.45) is 0 Å². The number of hydrogen-bond donors (Lipinski definition) is 2. The zero-order valence-electron chi connectivity index (χ0n) is 11.4. The highest BCUT2D eigenvalue weighted by Crippen LogP contribution is 2.15. The van der Waals surface area contributed by atoms with E-state index in [1.807, 2.05) is 36.4 Å². The van der Waals surface area contributed by atoms with Crippen molar-refractivity contribution in [3.8, 4) is 5.75 Å². The molecule has 2 N–H and O–H groups in total. The molecule has 0 fully saturated rings. The number of ether oxygens (including phenoxy) is 1. The predicted octanol–water partition coefficient (Wildman–Crippen LogP) is 2.64. The van der Waals surface area contributed by atoms with Gasteiger partial charge in [0.1, 0.15) is 5.75 Å². The van der Waals surface area contributed by atoms with Crippen molar-refractivity contribution >= 4 is 21.8 Å². The van der Waals surface area contributed by atoms with Crippen molar-refractivity contribution in [2.45, 2.75) is 13.2 Å². The third kappa shape index (κ3) is 5.21. The maximum Gasteiger partial charge on any atom is 0.258 e. The molecule has 21 heavy (non-hydrogen) atoms. The van der Waals surface area contributed by atoms with Gasteiger partial charge in [-0.15, -0.1) is 0 Å². The van der Waals surface area contributed by atoms with Crippen LogP contribution in [0.2, 0.25) is 0 Å². The average molecular weight is 350 g/mol. The summed E-state index contributed by atoms with van der Waals surface area (Å²) in [5, 5.41) is 11.7. The molecule has 0 heterocycles. The van der Waals surface area contributed by atoms with Gasteiger partial charge in [0.05, 0.1) is 6.61 Å². The Morgan fingerprint density at radius 3 is 2.29 bits per heavy atom. The molecular weight excluding hydrogens is 334 g/mol. The van der Waals surface area contributed by atoms with E-state index in [-0.39, 0.29) is 19.1 Å². The van der Waals surface area contributed by atoms with Gasteiger partial charge in [0.2, 0.25) is 0 Å². The van der Waals surface area contributed by atoms with Crippen molar-refractivity contribution in [2.75, 3.05) is 6.61 Å². The number of aliphatic hydroxyl groups excluding tert-OH is 1. The number of amides is 1. The van der Waals surface area contributed by atoms with E-state index in [9.17, 15) is 4.79 Å². The zero-order valence-corrected chi connectivity index (χ0v) is 13.0. The van der Waals surface area contributed by atoms with Crippen LogP contribution in [0.3, 0.4) is 0 Å². The van der Waals surface area contributed by atoms with Gasteiger partial charge in [0, 0.05) is 11.0 Å². The SMILES string of the molecule is O=C(COc1ccc(Br)cc1)NCc1ccc(CO)cc1. The number of rotatable bonds is 6. The van der Waals surface area contributed by atoms with Crippen LogP contribution >= 0.6 is 15.9 Å². The minimum absolute atomic E-state index is 0.0175. The molecule has 2 aromatic rings. The Balaban J connectivity index is 1.75. The Labute approximate surface area is 131 Å². The minimum atomic E-state index is -0.177. The molecule has 0 aliphatic rings. The number of aliphatic hydroxyl groups is 1. The molecular formula is C16H16BrNO3. The van der Waals surface area contributed by atoms with E-state index in [0.29, 0.717) is 12.3 Å². The Morgan fingerprint density at radius 1 is 1.05 bits per heavy atom.